The van der Waals surface area contributed by atoms with Crippen LogP contribution >= 0.6 is 11.3 Å². The third-order valence-electron chi connectivity index (χ3n) is 2.77. The lowest BCUT2D eigenvalue weighted by Gasteiger charge is -2.07. The predicted octanol–water partition coefficient (Wildman–Crippen LogP) is 1.90. The molecule has 1 heterocycles. The molecule has 0 aliphatic rings. The summed E-state index contributed by atoms with van der Waals surface area (Å²) in [5.74, 6) is -0.437. The highest BCUT2D eigenvalue weighted by Gasteiger charge is 2.16. The number of nitrogens with zero attached hydrogens (tertiary/aromatic N) is 2. The molecule has 120 valence electrons. The lowest BCUT2D eigenvalue weighted by molar-refractivity contribution is 0.102. The molecule has 1 aromatic heterocycles. The maximum absolute atomic E-state index is 12.2. The van der Waals surface area contributed by atoms with Crippen LogP contribution in [0.2, 0.25) is 0 Å². The molecule has 7 nitrogen and oxygen atoms in total. The van der Waals surface area contributed by atoms with Gasteiger partial charge in [0, 0.05) is 23.9 Å². The number of amides is 1. The van der Waals surface area contributed by atoms with E-state index in [0.717, 1.165) is 5.69 Å². The number of aromatic nitrogens is 1. The Morgan fingerprint density at radius 3 is 2.87 bits per heavy atom. The van der Waals surface area contributed by atoms with Gasteiger partial charge < -0.3 is 0 Å². The number of hydrogen-bond donors (Lipinski definition) is 2. The maximum Gasteiger partial charge on any atom is 0.257 e. The minimum Gasteiger partial charge on any atom is -0.298 e. The van der Waals surface area contributed by atoms with E-state index in [4.69, 9.17) is 5.26 Å². The van der Waals surface area contributed by atoms with Crippen LogP contribution in [0.1, 0.15) is 22.5 Å². The normalized spacial score (nSPS) is 11.0. The van der Waals surface area contributed by atoms with Crippen LogP contribution in [0.25, 0.3) is 0 Å². The number of rotatable bonds is 6. The van der Waals surface area contributed by atoms with Crippen molar-refractivity contribution < 1.29 is 13.2 Å². The van der Waals surface area contributed by atoms with Gasteiger partial charge in [-0.2, -0.15) is 5.26 Å². The molecule has 0 spiro atoms. The van der Waals surface area contributed by atoms with Gasteiger partial charge in [0.25, 0.3) is 5.91 Å². The van der Waals surface area contributed by atoms with Gasteiger partial charge in [0.05, 0.1) is 16.7 Å². The average Bonchev–Trinajstić information content (AvgIpc) is 2.92. The molecule has 0 fully saturated rings. The molecule has 2 rings (SSSR count). The van der Waals surface area contributed by atoms with Gasteiger partial charge in [-0.15, -0.1) is 11.3 Å². The second kappa shape index (κ2) is 7.32. The molecular weight excluding hydrogens is 336 g/mol. The van der Waals surface area contributed by atoms with E-state index < -0.39 is 15.9 Å². The van der Waals surface area contributed by atoms with Crippen molar-refractivity contribution >= 4 is 32.4 Å². The van der Waals surface area contributed by atoms with E-state index in [-0.39, 0.29) is 23.4 Å². The van der Waals surface area contributed by atoms with E-state index in [1.54, 1.807) is 5.38 Å². The highest BCUT2D eigenvalue weighted by molar-refractivity contribution is 7.89. The zero-order chi connectivity index (χ0) is 16.9. The second-order valence-corrected chi connectivity index (χ2v) is 7.21. The number of aryl methyl sites for hydroxylation is 1. The first kappa shape index (κ1) is 17.1. The van der Waals surface area contributed by atoms with Gasteiger partial charge in [0.1, 0.15) is 0 Å². The maximum atomic E-state index is 12.2. The monoisotopic (exact) mass is 350 g/mol. The van der Waals surface area contributed by atoms with Gasteiger partial charge in [0.15, 0.2) is 5.13 Å². The molecule has 0 aliphatic heterocycles. The zero-order valence-electron chi connectivity index (χ0n) is 12.2. The van der Waals surface area contributed by atoms with E-state index in [2.05, 4.69) is 15.0 Å². The molecule has 0 saturated heterocycles. The molecular formula is C14H14N4O3S2. The van der Waals surface area contributed by atoms with Gasteiger partial charge in [-0.3, -0.25) is 10.1 Å². The summed E-state index contributed by atoms with van der Waals surface area (Å²) in [4.78, 5) is 16.3. The van der Waals surface area contributed by atoms with Crippen LogP contribution in [-0.4, -0.2) is 25.9 Å². The lowest BCUT2D eigenvalue weighted by Crippen LogP contribution is -2.25. The third-order valence-corrected chi connectivity index (χ3v) is 5.11. The highest BCUT2D eigenvalue weighted by atomic mass is 32.2. The van der Waals surface area contributed by atoms with Crippen molar-refractivity contribution in [1.29, 1.82) is 5.26 Å². The average molecular weight is 350 g/mol. The fourth-order valence-corrected chi connectivity index (χ4v) is 3.47. The Hall–Kier alpha value is -2.28. The summed E-state index contributed by atoms with van der Waals surface area (Å²) in [5.41, 5.74) is 1.00. The summed E-state index contributed by atoms with van der Waals surface area (Å²) in [6.07, 6.45) is 0.0722. The molecule has 2 aromatic rings. The Kier molecular flexibility index (Phi) is 5.44. The molecule has 9 heteroatoms. The SMILES string of the molecule is Cc1csc(NC(=O)c2cccc(S(=O)(=O)NCCC#N)c2)n1. The van der Waals surface area contributed by atoms with Crippen molar-refractivity contribution in [3.8, 4) is 6.07 Å². The van der Waals surface area contributed by atoms with Crippen LogP contribution in [0, 0.1) is 18.3 Å². The van der Waals surface area contributed by atoms with Crippen LogP contribution in [0.5, 0.6) is 0 Å². The Bertz CT molecular complexity index is 853. The second-order valence-electron chi connectivity index (χ2n) is 4.58. The van der Waals surface area contributed by atoms with E-state index in [1.807, 2.05) is 13.0 Å². The van der Waals surface area contributed by atoms with Gasteiger partial charge in [-0.05, 0) is 25.1 Å². The molecule has 0 radical (unpaired) electrons. The molecule has 0 unspecified atom stereocenters. The number of anilines is 1. The minimum atomic E-state index is -3.75. The number of benzene rings is 1. The van der Waals surface area contributed by atoms with Crippen molar-refractivity contribution in [2.75, 3.05) is 11.9 Å². The molecule has 0 aliphatic carbocycles. The number of nitrogens with one attached hydrogen (secondary N) is 2. The third kappa shape index (κ3) is 4.59. The minimum absolute atomic E-state index is 0.0215. The van der Waals surface area contributed by atoms with Gasteiger partial charge in [-0.1, -0.05) is 6.07 Å². The first-order valence-electron chi connectivity index (χ1n) is 6.62. The van der Waals surface area contributed by atoms with Crippen molar-refractivity contribution in [2.45, 2.75) is 18.2 Å². The summed E-state index contributed by atoms with van der Waals surface area (Å²) < 4.78 is 26.5. The van der Waals surface area contributed by atoms with Crippen molar-refractivity contribution in [2.24, 2.45) is 0 Å². The smallest absolute Gasteiger partial charge is 0.257 e. The van der Waals surface area contributed by atoms with Crippen LogP contribution in [-0.2, 0) is 10.0 Å². The number of sulfonamides is 1. The van der Waals surface area contributed by atoms with Crippen LogP contribution in [0.3, 0.4) is 0 Å². The van der Waals surface area contributed by atoms with Crippen molar-refractivity contribution in [1.82, 2.24) is 9.71 Å². The number of nitriles is 1. The molecule has 1 amide bonds. The molecule has 23 heavy (non-hydrogen) atoms. The van der Waals surface area contributed by atoms with Crippen LogP contribution in [0.4, 0.5) is 5.13 Å². The summed E-state index contributed by atoms with van der Waals surface area (Å²) in [7, 11) is -3.75. The van der Waals surface area contributed by atoms with Crippen molar-refractivity contribution in [3.05, 3.63) is 40.9 Å². The van der Waals surface area contributed by atoms with E-state index in [0.29, 0.717) is 5.13 Å². The van der Waals surface area contributed by atoms with Gasteiger partial charge in [-0.25, -0.2) is 18.1 Å². The van der Waals surface area contributed by atoms with Gasteiger partial charge in [0.2, 0.25) is 10.0 Å². The lowest BCUT2D eigenvalue weighted by atomic mass is 10.2. The fourth-order valence-electron chi connectivity index (χ4n) is 1.71. The topological polar surface area (TPSA) is 112 Å². The van der Waals surface area contributed by atoms with Crippen LogP contribution in [0.15, 0.2) is 34.5 Å². The number of carbonyl (C=O) groups is 1. The molecule has 0 atom stereocenters. The largest absolute Gasteiger partial charge is 0.298 e. The van der Waals surface area contributed by atoms with E-state index in [9.17, 15) is 13.2 Å². The Morgan fingerprint density at radius 2 is 2.22 bits per heavy atom. The fraction of sp³-hybridized carbons (Fsp3) is 0.214. The summed E-state index contributed by atoms with van der Waals surface area (Å²) >= 11 is 1.29. The molecule has 1 aromatic carbocycles. The summed E-state index contributed by atoms with van der Waals surface area (Å²) in [5, 5.41) is 13.3. The summed E-state index contributed by atoms with van der Waals surface area (Å²) in [6, 6.07) is 7.53. The summed E-state index contributed by atoms with van der Waals surface area (Å²) in [6.45, 7) is 1.83. The predicted molar refractivity (Wildman–Crippen MR) is 86.7 cm³/mol. The Labute approximate surface area is 138 Å². The molecule has 0 saturated carbocycles. The van der Waals surface area contributed by atoms with E-state index >= 15 is 0 Å². The standard InChI is InChI=1S/C14H14N4O3S2/c1-10-9-22-14(17-10)18-13(19)11-4-2-5-12(8-11)23(20,21)16-7-3-6-15/h2,4-5,8-9,16H,3,7H2,1H3,(H,17,18,19). The Balaban J connectivity index is 2.16. The first-order chi connectivity index (χ1) is 10.9. The number of hydrogen-bond acceptors (Lipinski definition) is 6. The highest BCUT2D eigenvalue weighted by Crippen LogP contribution is 2.17. The molecule has 2 N–H and O–H groups in total. The first-order valence-corrected chi connectivity index (χ1v) is 8.99. The van der Waals surface area contributed by atoms with Gasteiger partial charge >= 0.3 is 0 Å². The Morgan fingerprint density at radius 1 is 1.43 bits per heavy atom. The van der Waals surface area contributed by atoms with E-state index in [1.165, 1.54) is 35.6 Å². The zero-order valence-corrected chi connectivity index (χ0v) is 13.9. The number of carbonyl (C=O) groups excluding carboxylic acids is 1. The quantitative estimate of drug-likeness (QED) is 0.773. The molecule has 0 bridgehead atoms. The van der Waals surface area contributed by atoms with Crippen LogP contribution < -0.4 is 10.0 Å². The van der Waals surface area contributed by atoms with Crippen molar-refractivity contribution in [3.63, 3.8) is 0 Å². The number of thiazole rings is 1.